The van der Waals surface area contributed by atoms with Gasteiger partial charge in [0.15, 0.2) is 17.5 Å². The Labute approximate surface area is 205 Å². The second-order valence-corrected chi connectivity index (χ2v) is 9.11. The molecule has 2 aliphatic heterocycles. The van der Waals surface area contributed by atoms with E-state index in [-0.39, 0.29) is 29.2 Å². The summed E-state index contributed by atoms with van der Waals surface area (Å²) in [4.78, 5) is 8.65. The molecule has 0 unspecified atom stereocenters. The minimum atomic E-state index is -0.991. The molecule has 0 N–H and O–H groups in total. The quantitative estimate of drug-likeness (QED) is 0.280. The molecule has 3 aliphatic rings. The molecule has 0 bridgehead atoms. The van der Waals surface area contributed by atoms with Crippen molar-refractivity contribution in [3.63, 3.8) is 0 Å². The molecule has 3 aromatic rings. The van der Waals surface area contributed by atoms with Crippen molar-refractivity contribution in [2.45, 2.75) is 24.8 Å². The van der Waals surface area contributed by atoms with E-state index in [2.05, 4.69) is 16.0 Å². The van der Waals surface area contributed by atoms with Gasteiger partial charge in [0, 0.05) is 24.5 Å². The van der Waals surface area contributed by atoms with Crippen LogP contribution in [0, 0.1) is 28.8 Å². The fourth-order valence-electron chi connectivity index (χ4n) is 4.47. The summed E-state index contributed by atoms with van der Waals surface area (Å²) in [5.41, 5.74) is 3.84. The van der Waals surface area contributed by atoms with Gasteiger partial charge < -0.3 is 4.57 Å². The minimum Gasteiger partial charge on any atom is -0.347 e. The van der Waals surface area contributed by atoms with Crippen molar-refractivity contribution in [2.24, 2.45) is 0 Å². The van der Waals surface area contributed by atoms with Crippen LogP contribution in [0.15, 0.2) is 79.1 Å². The number of hydrogen-bond acceptors (Lipinski definition) is 3. The summed E-state index contributed by atoms with van der Waals surface area (Å²) >= 11 is 0. The molecule has 1 aliphatic carbocycles. The fraction of sp³-hybridized carbons (Fsp3) is 0.138. The normalized spacial score (nSPS) is 14.1. The second-order valence-electron chi connectivity index (χ2n) is 9.11. The lowest BCUT2D eigenvalue weighted by molar-refractivity contribution is 0.510. The predicted octanol–water partition coefficient (Wildman–Crippen LogP) is 6.74. The van der Waals surface area contributed by atoms with Gasteiger partial charge in [-0.3, -0.25) is 0 Å². The van der Waals surface area contributed by atoms with E-state index in [4.69, 9.17) is 0 Å². The number of aromatic nitrogens is 3. The first-order chi connectivity index (χ1) is 17.5. The SMILES string of the molecule is N#CC1(c2ccc(-c3ccc(Cn4ccc5nc(-c6cccc(F)c6F)nc-5c4)c(F)c3)cc2)CC1. The van der Waals surface area contributed by atoms with Crippen LogP contribution >= 0.6 is 0 Å². The minimum absolute atomic E-state index is 0.00709. The molecule has 0 spiro atoms. The Morgan fingerprint density at radius 2 is 1.61 bits per heavy atom. The molecular formula is C29H19F3N4. The largest absolute Gasteiger partial charge is 0.347 e. The van der Waals surface area contributed by atoms with Crippen molar-refractivity contribution in [1.82, 2.24) is 14.5 Å². The fourth-order valence-corrected chi connectivity index (χ4v) is 4.47. The smallest absolute Gasteiger partial charge is 0.169 e. The van der Waals surface area contributed by atoms with Gasteiger partial charge in [-0.1, -0.05) is 42.5 Å². The number of fused-ring (bicyclic) bond motifs is 1. The van der Waals surface area contributed by atoms with Crippen LogP contribution in [0.4, 0.5) is 13.2 Å². The number of imidazole rings is 1. The molecule has 1 saturated carbocycles. The van der Waals surface area contributed by atoms with Crippen LogP contribution in [0.25, 0.3) is 33.9 Å². The van der Waals surface area contributed by atoms with Gasteiger partial charge in [0.2, 0.25) is 0 Å². The van der Waals surface area contributed by atoms with E-state index < -0.39 is 11.6 Å². The number of halogens is 3. The van der Waals surface area contributed by atoms with Crippen molar-refractivity contribution in [2.75, 3.05) is 0 Å². The van der Waals surface area contributed by atoms with Crippen molar-refractivity contribution < 1.29 is 13.2 Å². The highest BCUT2D eigenvalue weighted by Crippen LogP contribution is 2.47. The van der Waals surface area contributed by atoms with Crippen molar-refractivity contribution in [3.05, 3.63) is 108 Å². The Morgan fingerprint density at radius 3 is 2.33 bits per heavy atom. The van der Waals surface area contributed by atoms with Gasteiger partial charge in [0.25, 0.3) is 0 Å². The van der Waals surface area contributed by atoms with E-state index in [1.165, 1.54) is 18.2 Å². The molecule has 176 valence electrons. The highest BCUT2D eigenvalue weighted by molar-refractivity contribution is 5.67. The zero-order valence-corrected chi connectivity index (χ0v) is 19.0. The summed E-state index contributed by atoms with van der Waals surface area (Å²) < 4.78 is 44.5. The van der Waals surface area contributed by atoms with Crippen LogP contribution in [0.3, 0.4) is 0 Å². The Hall–Kier alpha value is -4.44. The van der Waals surface area contributed by atoms with Crippen LogP contribution in [0.5, 0.6) is 0 Å². The average molecular weight is 480 g/mol. The Balaban J connectivity index is 1.24. The lowest BCUT2D eigenvalue weighted by atomic mass is 9.95. The Kier molecular flexibility index (Phi) is 5.11. The number of nitriles is 1. The molecular weight excluding hydrogens is 461 g/mol. The standard InChI is InChI=1S/C29H19F3N4/c30-23-3-1-2-22(27(23)32)28-34-25-10-13-36(16-26(25)35-28)15-20-5-4-19(14-24(20)31)18-6-8-21(9-7-18)29(17-33)11-12-29/h1-10,13-14,16H,11-12,15H2. The molecule has 0 saturated heterocycles. The van der Waals surface area contributed by atoms with Gasteiger partial charge in [-0.2, -0.15) is 5.26 Å². The Bertz CT molecular complexity index is 1610. The third-order valence-electron chi connectivity index (χ3n) is 6.76. The van der Waals surface area contributed by atoms with E-state index in [0.717, 1.165) is 35.6 Å². The summed E-state index contributed by atoms with van der Waals surface area (Å²) in [5.74, 6) is -2.19. The van der Waals surface area contributed by atoms with Gasteiger partial charge in [-0.25, -0.2) is 23.1 Å². The molecule has 4 nitrogen and oxygen atoms in total. The average Bonchev–Trinajstić information content (AvgIpc) is 3.59. The second kappa shape index (κ2) is 8.35. The van der Waals surface area contributed by atoms with E-state index in [1.807, 2.05) is 30.3 Å². The molecule has 0 amide bonds. The summed E-state index contributed by atoms with van der Waals surface area (Å²) in [6.45, 7) is 0.266. The number of nitrogens with zero attached hydrogens (tertiary/aromatic N) is 4. The highest BCUT2D eigenvalue weighted by Gasteiger charge is 2.44. The number of benzene rings is 3. The van der Waals surface area contributed by atoms with Gasteiger partial charge in [-0.15, -0.1) is 0 Å². The van der Waals surface area contributed by atoms with Crippen LogP contribution in [-0.4, -0.2) is 14.5 Å². The first-order valence-electron chi connectivity index (χ1n) is 11.5. The highest BCUT2D eigenvalue weighted by atomic mass is 19.2. The van der Waals surface area contributed by atoms with Crippen molar-refractivity contribution >= 4 is 0 Å². The maximum Gasteiger partial charge on any atom is 0.169 e. The molecule has 6 rings (SSSR count). The first-order valence-corrected chi connectivity index (χ1v) is 11.5. The van der Waals surface area contributed by atoms with E-state index in [0.29, 0.717) is 17.0 Å². The van der Waals surface area contributed by atoms with Crippen molar-refractivity contribution in [1.29, 1.82) is 5.26 Å². The number of pyridine rings is 1. The van der Waals surface area contributed by atoms with Gasteiger partial charge in [0.1, 0.15) is 11.5 Å². The van der Waals surface area contributed by atoms with E-state index in [9.17, 15) is 14.0 Å². The van der Waals surface area contributed by atoms with E-state index in [1.54, 1.807) is 29.1 Å². The van der Waals surface area contributed by atoms with Gasteiger partial charge in [0.05, 0.1) is 22.7 Å². The van der Waals surface area contributed by atoms with Gasteiger partial charge >= 0.3 is 0 Å². The molecule has 0 atom stereocenters. The molecule has 2 heterocycles. The van der Waals surface area contributed by atoms with Crippen LogP contribution in [0.2, 0.25) is 0 Å². The summed E-state index contributed by atoms with van der Waals surface area (Å²) in [6.07, 6.45) is 5.22. The maximum absolute atomic E-state index is 15.0. The van der Waals surface area contributed by atoms with Crippen LogP contribution in [-0.2, 0) is 12.0 Å². The molecule has 36 heavy (non-hydrogen) atoms. The molecule has 0 aromatic heterocycles. The number of rotatable bonds is 5. The zero-order chi connectivity index (χ0) is 24.9. The molecule has 3 aromatic carbocycles. The summed E-state index contributed by atoms with van der Waals surface area (Å²) in [6, 6.07) is 20.9. The molecule has 7 heteroatoms. The maximum atomic E-state index is 15.0. The predicted molar refractivity (Wildman–Crippen MR) is 129 cm³/mol. The lowest BCUT2D eigenvalue weighted by Gasteiger charge is -2.11. The third-order valence-corrected chi connectivity index (χ3v) is 6.76. The molecule has 0 radical (unpaired) electrons. The lowest BCUT2D eigenvalue weighted by Crippen LogP contribution is -2.03. The summed E-state index contributed by atoms with van der Waals surface area (Å²) in [5, 5.41) is 9.38. The van der Waals surface area contributed by atoms with Crippen LogP contribution in [0.1, 0.15) is 24.0 Å². The van der Waals surface area contributed by atoms with Crippen molar-refractivity contribution in [3.8, 4) is 40.0 Å². The monoisotopic (exact) mass is 480 g/mol. The topological polar surface area (TPSA) is 54.5 Å². The van der Waals surface area contributed by atoms with E-state index >= 15 is 4.39 Å². The Morgan fingerprint density at radius 1 is 0.861 bits per heavy atom. The zero-order valence-electron chi connectivity index (χ0n) is 19.0. The van der Waals surface area contributed by atoms with Crippen LogP contribution < -0.4 is 0 Å². The van der Waals surface area contributed by atoms with Gasteiger partial charge in [-0.05, 0) is 53.8 Å². The first kappa shape index (κ1) is 22.1. The number of hydrogen-bond donors (Lipinski definition) is 0. The third kappa shape index (κ3) is 3.81. The molecule has 1 fully saturated rings. The summed E-state index contributed by atoms with van der Waals surface area (Å²) in [7, 11) is 0.